The number of amides is 1. The van der Waals surface area contributed by atoms with Crippen molar-refractivity contribution in [1.82, 2.24) is 0 Å². The third kappa shape index (κ3) is 4.22. The van der Waals surface area contributed by atoms with Crippen LogP contribution in [-0.4, -0.2) is 20.1 Å². The number of carbonyl (C=O) groups excluding carboxylic acids is 1. The number of para-hydroxylation sites is 1. The lowest BCUT2D eigenvalue weighted by molar-refractivity contribution is -0.119. The molecule has 2 aromatic carbocycles. The fourth-order valence-corrected chi connectivity index (χ4v) is 2.27. The number of benzene rings is 2. The summed E-state index contributed by atoms with van der Waals surface area (Å²) in [7, 11) is 3.14. The second-order valence-electron chi connectivity index (χ2n) is 5.26. The van der Waals surface area contributed by atoms with E-state index in [1.54, 1.807) is 39.3 Å². The minimum Gasteiger partial charge on any atom is -0.493 e. The van der Waals surface area contributed by atoms with E-state index in [0.29, 0.717) is 17.9 Å². The molecule has 1 atom stereocenters. The Labute approximate surface area is 135 Å². The highest BCUT2D eigenvalue weighted by Crippen LogP contribution is 2.28. The second-order valence-corrected chi connectivity index (χ2v) is 5.26. The monoisotopic (exact) mass is 317 g/mol. The van der Waals surface area contributed by atoms with Gasteiger partial charge in [-0.15, -0.1) is 0 Å². The van der Waals surface area contributed by atoms with Crippen molar-refractivity contribution >= 4 is 11.6 Å². The summed E-state index contributed by atoms with van der Waals surface area (Å²) in [6.45, 7) is 1.80. The van der Waals surface area contributed by atoms with Gasteiger partial charge in [-0.05, 0) is 36.2 Å². The maximum atomic E-state index is 13.6. The largest absolute Gasteiger partial charge is 0.493 e. The molecule has 0 aromatic heterocycles. The van der Waals surface area contributed by atoms with Gasteiger partial charge >= 0.3 is 0 Å². The summed E-state index contributed by atoms with van der Waals surface area (Å²) in [6.07, 6.45) is 0.515. The van der Waals surface area contributed by atoms with Crippen LogP contribution in [0.1, 0.15) is 12.5 Å². The normalized spacial score (nSPS) is 11.7. The summed E-state index contributed by atoms with van der Waals surface area (Å²) in [5.41, 5.74) is 1.13. The molecule has 23 heavy (non-hydrogen) atoms. The number of nitrogens with one attached hydrogen (secondary N) is 1. The van der Waals surface area contributed by atoms with Crippen molar-refractivity contribution in [1.29, 1.82) is 0 Å². The Morgan fingerprint density at radius 2 is 1.83 bits per heavy atom. The molecule has 0 bridgehead atoms. The Balaban J connectivity index is 2.05. The van der Waals surface area contributed by atoms with Gasteiger partial charge in [0.1, 0.15) is 5.82 Å². The van der Waals surface area contributed by atoms with Crippen molar-refractivity contribution < 1.29 is 18.7 Å². The summed E-state index contributed by atoms with van der Waals surface area (Å²) in [6, 6.07) is 11.6. The molecular weight excluding hydrogens is 297 g/mol. The maximum Gasteiger partial charge on any atom is 0.227 e. The predicted octanol–water partition coefficient (Wildman–Crippen LogP) is 3.66. The van der Waals surface area contributed by atoms with E-state index in [4.69, 9.17) is 9.47 Å². The smallest absolute Gasteiger partial charge is 0.227 e. The lowest BCUT2D eigenvalue weighted by Crippen LogP contribution is -2.22. The predicted molar refractivity (Wildman–Crippen MR) is 87.4 cm³/mol. The molecule has 0 heterocycles. The molecule has 0 aliphatic heterocycles. The lowest BCUT2D eigenvalue weighted by atomic mass is 10.00. The van der Waals surface area contributed by atoms with E-state index in [0.717, 1.165) is 5.56 Å². The van der Waals surface area contributed by atoms with Gasteiger partial charge in [0, 0.05) is 5.92 Å². The van der Waals surface area contributed by atoms with Gasteiger partial charge in [0.15, 0.2) is 11.5 Å². The first-order valence-electron chi connectivity index (χ1n) is 7.31. The van der Waals surface area contributed by atoms with Crippen LogP contribution in [-0.2, 0) is 11.2 Å². The summed E-state index contributed by atoms with van der Waals surface area (Å²) < 4.78 is 24.0. The molecule has 0 aliphatic rings. The summed E-state index contributed by atoms with van der Waals surface area (Å²) >= 11 is 0. The van der Waals surface area contributed by atoms with E-state index >= 15 is 0 Å². The van der Waals surface area contributed by atoms with Crippen molar-refractivity contribution in [2.45, 2.75) is 13.3 Å². The van der Waals surface area contributed by atoms with Gasteiger partial charge < -0.3 is 14.8 Å². The minimum absolute atomic E-state index is 0.191. The molecule has 0 radical (unpaired) electrons. The fraction of sp³-hybridized carbons (Fsp3) is 0.278. The highest BCUT2D eigenvalue weighted by molar-refractivity contribution is 5.92. The van der Waals surface area contributed by atoms with E-state index in [9.17, 15) is 9.18 Å². The van der Waals surface area contributed by atoms with E-state index in [-0.39, 0.29) is 17.5 Å². The number of hydrogen-bond donors (Lipinski definition) is 1. The Bertz CT molecular complexity index is 688. The van der Waals surface area contributed by atoms with Crippen LogP contribution in [0.2, 0.25) is 0 Å². The SMILES string of the molecule is COc1ccc(CC(C)C(=O)Nc2ccccc2F)cc1OC. The van der Waals surface area contributed by atoms with Crippen molar-refractivity contribution in [3.63, 3.8) is 0 Å². The Morgan fingerprint density at radius 1 is 1.13 bits per heavy atom. The zero-order valence-electron chi connectivity index (χ0n) is 13.4. The van der Waals surface area contributed by atoms with Crippen LogP contribution in [0.25, 0.3) is 0 Å². The number of carbonyl (C=O) groups is 1. The number of ether oxygens (including phenoxy) is 2. The van der Waals surface area contributed by atoms with Crippen molar-refractivity contribution in [3.05, 3.63) is 53.8 Å². The van der Waals surface area contributed by atoms with E-state index in [1.165, 1.54) is 12.1 Å². The first-order valence-corrected chi connectivity index (χ1v) is 7.31. The zero-order chi connectivity index (χ0) is 16.8. The molecule has 4 nitrogen and oxygen atoms in total. The molecule has 5 heteroatoms. The average Bonchev–Trinajstić information content (AvgIpc) is 2.56. The third-order valence-corrected chi connectivity index (χ3v) is 3.57. The van der Waals surface area contributed by atoms with Crippen LogP contribution in [0, 0.1) is 11.7 Å². The first kappa shape index (κ1) is 16.8. The van der Waals surface area contributed by atoms with Crippen LogP contribution in [0.15, 0.2) is 42.5 Å². The number of anilines is 1. The standard InChI is InChI=1S/C18H20FNO3/c1-12(18(21)20-15-7-5-4-6-14(15)19)10-13-8-9-16(22-2)17(11-13)23-3/h4-9,11-12H,10H2,1-3H3,(H,20,21). The second kappa shape index (κ2) is 7.63. The molecule has 0 aliphatic carbocycles. The van der Waals surface area contributed by atoms with Crippen LogP contribution < -0.4 is 14.8 Å². The number of hydrogen-bond acceptors (Lipinski definition) is 3. The van der Waals surface area contributed by atoms with Gasteiger partial charge in [-0.25, -0.2) is 4.39 Å². The average molecular weight is 317 g/mol. The molecule has 2 aromatic rings. The van der Waals surface area contributed by atoms with E-state index < -0.39 is 5.82 Å². The minimum atomic E-state index is -0.445. The lowest BCUT2D eigenvalue weighted by Gasteiger charge is -2.14. The van der Waals surface area contributed by atoms with Crippen molar-refractivity contribution in [2.75, 3.05) is 19.5 Å². The molecule has 0 saturated heterocycles. The Kier molecular flexibility index (Phi) is 5.57. The number of halogens is 1. The number of rotatable bonds is 6. The molecule has 1 amide bonds. The van der Waals surface area contributed by atoms with Crippen LogP contribution in [0.4, 0.5) is 10.1 Å². The highest BCUT2D eigenvalue weighted by atomic mass is 19.1. The molecule has 122 valence electrons. The third-order valence-electron chi connectivity index (χ3n) is 3.57. The molecule has 1 unspecified atom stereocenters. The van der Waals surface area contributed by atoms with Gasteiger partial charge in [0.25, 0.3) is 0 Å². The molecular formula is C18H20FNO3. The molecule has 1 N–H and O–H groups in total. The van der Waals surface area contributed by atoms with Gasteiger partial charge in [-0.2, -0.15) is 0 Å². The van der Waals surface area contributed by atoms with Crippen molar-refractivity contribution in [2.24, 2.45) is 5.92 Å². The van der Waals surface area contributed by atoms with Crippen LogP contribution in [0.5, 0.6) is 11.5 Å². The van der Waals surface area contributed by atoms with Gasteiger partial charge in [0.2, 0.25) is 5.91 Å². The van der Waals surface area contributed by atoms with Gasteiger partial charge in [0.05, 0.1) is 19.9 Å². The summed E-state index contributed by atoms with van der Waals surface area (Å²) in [4.78, 5) is 12.2. The van der Waals surface area contributed by atoms with Gasteiger partial charge in [-0.1, -0.05) is 25.1 Å². The zero-order valence-corrected chi connectivity index (χ0v) is 13.4. The molecule has 0 fully saturated rings. The molecule has 0 saturated carbocycles. The summed E-state index contributed by atoms with van der Waals surface area (Å²) in [5.74, 6) is 0.267. The van der Waals surface area contributed by atoms with E-state index in [1.807, 2.05) is 12.1 Å². The topological polar surface area (TPSA) is 47.6 Å². The van der Waals surface area contributed by atoms with Crippen molar-refractivity contribution in [3.8, 4) is 11.5 Å². The van der Waals surface area contributed by atoms with Gasteiger partial charge in [-0.3, -0.25) is 4.79 Å². The fourth-order valence-electron chi connectivity index (χ4n) is 2.27. The first-order chi connectivity index (χ1) is 11.0. The number of methoxy groups -OCH3 is 2. The maximum absolute atomic E-state index is 13.6. The van der Waals surface area contributed by atoms with Crippen LogP contribution in [0.3, 0.4) is 0 Å². The van der Waals surface area contributed by atoms with Crippen LogP contribution >= 0.6 is 0 Å². The van der Waals surface area contributed by atoms with E-state index in [2.05, 4.69) is 5.32 Å². The molecule has 0 spiro atoms. The quantitative estimate of drug-likeness (QED) is 0.884. The Hall–Kier alpha value is -2.56. The molecule has 2 rings (SSSR count). The Morgan fingerprint density at radius 3 is 2.48 bits per heavy atom. The highest BCUT2D eigenvalue weighted by Gasteiger charge is 2.16. The summed E-state index contributed by atoms with van der Waals surface area (Å²) in [5, 5.41) is 2.61.